The lowest BCUT2D eigenvalue weighted by Crippen LogP contribution is -2.26. The lowest BCUT2D eigenvalue weighted by atomic mass is 10.1. The Morgan fingerprint density at radius 1 is 0.971 bits per heavy atom. The number of aryl methyl sites for hydroxylation is 1. The summed E-state index contributed by atoms with van der Waals surface area (Å²) >= 11 is 0. The van der Waals surface area contributed by atoms with Crippen molar-refractivity contribution in [3.63, 3.8) is 0 Å². The number of methoxy groups -OCH3 is 1. The zero-order chi connectivity index (χ0) is 24.1. The van der Waals surface area contributed by atoms with Crippen molar-refractivity contribution < 1.29 is 17.9 Å². The topological polar surface area (TPSA) is 89.4 Å². The van der Waals surface area contributed by atoms with Crippen molar-refractivity contribution in [2.75, 3.05) is 19.0 Å². The Balaban J connectivity index is 1.44. The minimum Gasteiger partial charge on any atom is -0.497 e. The van der Waals surface area contributed by atoms with Crippen molar-refractivity contribution in [3.8, 4) is 5.75 Å². The maximum Gasteiger partial charge on any atom is 0.244 e. The van der Waals surface area contributed by atoms with Gasteiger partial charge < -0.3 is 14.6 Å². The van der Waals surface area contributed by atoms with Crippen molar-refractivity contribution >= 4 is 32.5 Å². The Kier molecular flexibility index (Phi) is 7.00. The zero-order valence-corrected chi connectivity index (χ0v) is 19.9. The Morgan fingerprint density at radius 2 is 1.68 bits per heavy atom. The van der Waals surface area contributed by atoms with Gasteiger partial charge in [0.25, 0.3) is 0 Å². The second-order valence-corrected chi connectivity index (χ2v) is 9.80. The molecule has 176 valence electrons. The molecule has 0 spiro atoms. The number of amides is 1. The summed E-state index contributed by atoms with van der Waals surface area (Å²) in [6.45, 7) is 2.31. The van der Waals surface area contributed by atoms with Crippen LogP contribution in [0.1, 0.15) is 11.1 Å². The van der Waals surface area contributed by atoms with Crippen LogP contribution < -0.4 is 14.8 Å². The highest BCUT2D eigenvalue weighted by molar-refractivity contribution is 7.89. The number of hydrogen-bond acceptors (Lipinski definition) is 4. The molecular formula is C26H27N3O4S. The minimum absolute atomic E-state index is 0.141. The van der Waals surface area contributed by atoms with Crippen molar-refractivity contribution in [1.29, 1.82) is 0 Å². The van der Waals surface area contributed by atoms with Gasteiger partial charge in [-0.05, 0) is 61.4 Å². The first kappa shape index (κ1) is 23.5. The van der Waals surface area contributed by atoms with E-state index >= 15 is 0 Å². The summed E-state index contributed by atoms with van der Waals surface area (Å²) in [4.78, 5) is 12.9. The van der Waals surface area contributed by atoms with Gasteiger partial charge in [0.15, 0.2) is 0 Å². The molecule has 0 unspecified atom stereocenters. The van der Waals surface area contributed by atoms with Gasteiger partial charge in [-0.25, -0.2) is 13.1 Å². The molecule has 0 bridgehead atoms. The number of fused-ring (bicyclic) bond motifs is 1. The van der Waals surface area contributed by atoms with Crippen molar-refractivity contribution in [3.05, 3.63) is 90.1 Å². The monoisotopic (exact) mass is 477 g/mol. The van der Waals surface area contributed by atoms with Gasteiger partial charge in [0.2, 0.25) is 15.9 Å². The number of carbonyl (C=O) groups is 1. The number of ether oxygens (including phenoxy) is 1. The van der Waals surface area contributed by atoms with E-state index < -0.39 is 10.0 Å². The average molecular weight is 478 g/mol. The molecule has 0 radical (unpaired) electrons. The second kappa shape index (κ2) is 10.1. The number of para-hydroxylation sites is 1. The third-order valence-corrected chi connectivity index (χ3v) is 7.05. The van der Waals surface area contributed by atoms with Crippen LogP contribution in [0.4, 0.5) is 5.69 Å². The average Bonchev–Trinajstić information content (AvgIpc) is 3.17. The first-order valence-electron chi connectivity index (χ1n) is 10.9. The van der Waals surface area contributed by atoms with Gasteiger partial charge in [0, 0.05) is 29.3 Å². The highest BCUT2D eigenvalue weighted by Gasteiger charge is 2.15. The maximum atomic E-state index is 12.7. The number of sulfonamides is 1. The summed E-state index contributed by atoms with van der Waals surface area (Å²) in [5.41, 5.74) is 3.58. The summed E-state index contributed by atoms with van der Waals surface area (Å²) in [6.07, 6.45) is 2.41. The SMILES string of the molecule is COc1ccc(NC(=O)Cn2cc(CCNS(=O)(=O)c3ccc(C)cc3)c3ccccc32)cc1. The van der Waals surface area contributed by atoms with Gasteiger partial charge in [-0.15, -0.1) is 0 Å². The Labute approximate surface area is 199 Å². The molecule has 4 rings (SSSR count). The molecule has 4 aromatic rings. The van der Waals surface area contributed by atoms with Crippen LogP contribution in [0.25, 0.3) is 10.9 Å². The van der Waals surface area contributed by atoms with Gasteiger partial charge in [-0.3, -0.25) is 4.79 Å². The fourth-order valence-corrected chi connectivity index (χ4v) is 4.84. The standard InChI is InChI=1S/C26H27N3O4S/c1-19-7-13-23(14-8-19)34(31,32)27-16-15-20-17-29(25-6-4-3-5-24(20)25)18-26(30)28-21-9-11-22(33-2)12-10-21/h3-14,17,27H,15-16,18H2,1-2H3,(H,28,30). The quantitative estimate of drug-likeness (QED) is 0.380. The molecule has 1 aromatic heterocycles. The largest absolute Gasteiger partial charge is 0.497 e. The van der Waals surface area contributed by atoms with Gasteiger partial charge in [0.1, 0.15) is 12.3 Å². The number of nitrogens with zero attached hydrogens (tertiary/aromatic N) is 1. The van der Waals surface area contributed by atoms with Crippen LogP contribution in [-0.4, -0.2) is 32.5 Å². The van der Waals surface area contributed by atoms with Gasteiger partial charge in [-0.1, -0.05) is 35.9 Å². The molecule has 0 aliphatic rings. The van der Waals surface area contributed by atoms with E-state index in [4.69, 9.17) is 4.74 Å². The van der Waals surface area contributed by atoms with E-state index in [-0.39, 0.29) is 23.9 Å². The maximum absolute atomic E-state index is 12.7. The highest BCUT2D eigenvalue weighted by atomic mass is 32.2. The molecule has 8 heteroatoms. The van der Waals surface area contributed by atoms with E-state index in [0.29, 0.717) is 12.1 Å². The van der Waals surface area contributed by atoms with E-state index in [1.54, 1.807) is 55.6 Å². The zero-order valence-electron chi connectivity index (χ0n) is 19.1. The third kappa shape index (κ3) is 5.47. The van der Waals surface area contributed by atoms with Crippen molar-refractivity contribution in [2.45, 2.75) is 24.8 Å². The number of anilines is 1. The first-order chi connectivity index (χ1) is 16.4. The summed E-state index contributed by atoms with van der Waals surface area (Å²) in [6, 6.07) is 21.7. The molecule has 2 N–H and O–H groups in total. The van der Waals surface area contributed by atoms with Crippen LogP contribution in [0.3, 0.4) is 0 Å². The molecule has 0 fully saturated rings. The van der Waals surface area contributed by atoms with Crippen LogP contribution >= 0.6 is 0 Å². The Morgan fingerprint density at radius 3 is 2.38 bits per heavy atom. The minimum atomic E-state index is -3.58. The predicted molar refractivity (Wildman–Crippen MR) is 134 cm³/mol. The molecule has 0 aliphatic carbocycles. The van der Waals surface area contributed by atoms with Crippen molar-refractivity contribution in [1.82, 2.24) is 9.29 Å². The lowest BCUT2D eigenvalue weighted by Gasteiger charge is -2.08. The van der Waals surface area contributed by atoms with Crippen LogP contribution in [0, 0.1) is 6.92 Å². The fourth-order valence-electron chi connectivity index (χ4n) is 3.80. The lowest BCUT2D eigenvalue weighted by molar-refractivity contribution is -0.116. The molecule has 1 heterocycles. The molecule has 3 aromatic carbocycles. The number of hydrogen-bond donors (Lipinski definition) is 2. The molecule has 34 heavy (non-hydrogen) atoms. The summed E-state index contributed by atoms with van der Waals surface area (Å²) in [5.74, 6) is 0.564. The van der Waals surface area contributed by atoms with Gasteiger partial charge in [0.05, 0.1) is 12.0 Å². The van der Waals surface area contributed by atoms with Gasteiger partial charge in [-0.2, -0.15) is 0 Å². The molecule has 0 saturated carbocycles. The molecule has 0 saturated heterocycles. The summed E-state index contributed by atoms with van der Waals surface area (Å²) < 4.78 is 34.9. The molecule has 0 aliphatic heterocycles. The predicted octanol–water partition coefficient (Wildman–Crippen LogP) is 4.12. The van der Waals surface area contributed by atoms with E-state index in [1.807, 2.05) is 42.0 Å². The molecular weight excluding hydrogens is 450 g/mol. The summed E-state index contributed by atoms with van der Waals surface area (Å²) in [5, 5.41) is 3.89. The van der Waals surface area contributed by atoms with E-state index in [1.165, 1.54) is 0 Å². The van der Waals surface area contributed by atoms with Crippen LogP contribution in [0.15, 0.2) is 83.9 Å². The number of nitrogens with one attached hydrogen (secondary N) is 2. The van der Waals surface area contributed by atoms with E-state index in [9.17, 15) is 13.2 Å². The van der Waals surface area contributed by atoms with Gasteiger partial charge >= 0.3 is 0 Å². The van der Waals surface area contributed by atoms with Crippen molar-refractivity contribution in [2.24, 2.45) is 0 Å². The smallest absolute Gasteiger partial charge is 0.244 e. The number of rotatable bonds is 9. The van der Waals surface area contributed by atoms with E-state index in [2.05, 4.69) is 10.0 Å². The number of aromatic nitrogens is 1. The first-order valence-corrected chi connectivity index (χ1v) is 12.4. The van der Waals surface area contributed by atoms with Crippen LogP contribution in [0.2, 0.25) is 0 Å². The number of carbonyl (C=O) groups excluding carboxylic acids is 1. The Hall–Kier alpha value is -3.62. The fraction of sp³-hybridized carbons (Fsp3) is 0.192. The Bertz CT molecular complexity index is 1390. The molecule has 0 atom stereocenters. The highest BCUT2D eigenvalue weighted by Crippen LogP contribution is 2.22. The summed E-state index contributed by atoms with van der Waals surface area (Å²) in [7, 11) is -1.99. The van der Waals surface area contributed by atoms with Crippen LogP contribution in [0.5, 0.6) is 5.75 Å². The molecule has 7 nitrogen and oxygen atoms in total. The van der Waals surface area contributed by atoms with Crippen LogP contribution in [-0.2, 0) is 27.8 Å². The second-order valence-electron chi connectivity index (χ2n) is 8.04. The normalized spacial score (nSPS) is 11.5. The third-order valence-electron chi connectivity index (χ3n) is 5.58. The number of benzene rings is 3. The molecule has 1 amide bonds. The van der Waals surface area contributed by atoms with E-state index in [0.717, 1.165) is 27.8 Å².